The number of carbonyl (C=O) groups is 1. The summed E-state index contributed by atoms with van der Waals surface area (Å²) in [6.45, 7) is 4.12. The summed E-state index contributed by atoms with van der Waals surface area (Å²) in [5, 5.41) is 7.90. The minimum atomic E-state index is -0.0927. The van der Waals surface area contributed by atoms with Crippen LogP contribution in [0, 0.1) is 25.7 Å². The summed E-state index contributed by atoms with van der Waals surface area (Å²) >= 11 is 1.46. The van der Waals surface area contributed by atoms with E-state index in [0.717, 1.165) is 22.5 Å². The Morgan fingerprint density at radius 2 is 2.00 bits per heavy atom. The number of amides is 1. The van der Waals surface area contributed by atoms with Crippen LogP contribution >= 0.6 is 11.8 Å². The number of rotatable bonds is 4. The molecule has 0 radical (unpaired) electrons. The van der Waals surface area contributed by atoms with Gasteiger partial charge in [0.1, 0.15) is 0 Å². The Balaban J connectivity index is 1.68. The molecule has 6 nitrogen and oxygen atoms in total. The normalized spacial score (nSPS) is 10.4. The van der Waals surface area contributed by atoms with Crippen LogP contribution in [0.5, 0.6) is 0 Å². The molecule has 2 heterocycles. The van der Waals surface area contributed by atoms with Gasteiger partial charge in [0.2, 0.25) is 11.1 Å². The Morgan fingerprint density at radius 1 is 1.23 bits per heavy atom. The first-order chi connectivity index (χ1) is 12.6. The Labute approximate surface area is 156 Å². The summed E-state index contributed by atoms with van der Waals surface area (Å²) in [6.07, 6.45) is 2.16. The third-order valence-corrected chi connectivity index (χ3v) is 4.47. The zero-order chi connectivity index (χ0) is 18.5. The van der Waals surface area contributed by atoms with Gasteiger partial charge in [0.05, 0.1) is 13.0 Å². The van der Waals surface area contributed by atoms with Gasteiger partial charge in [-0.15, -0.1) is 5.10 Å². The van der Waals surface area contributed by atoms with Crippen LogP contribution in [0.1, 0.15) is 22.5 Å². The van der Waals surface area contributed by atoms with Crippen molar-refractivity contribution in [3.8, 4) is 11.8 Å². The molecule has 0 aliphatic heterocycles. The molecule has 26 heavy (non-hydrogen) atoms. The van der Waals surface area contributed by atoms with Gasteiger partial charge in [-0.2, -0.15) is 4.98 Å². The number of carbonyl (C=O) groups excluding carboxylic acids is 1. The van der Waals surface area contributed by atoms with Gasteiger partial charge < -0.3 is 5.32 Å². The highest BCUT2D eigenvalue weighted by Crippen LogP contribution is 2.17. The van der Waals surface area contributed by atoms with Crippen molar-refractivity contribution < 1.29 is 4.79 Å². The van der Waals surface area contributed by atoms with E-state index in [9.17, 15) is 4.79 Å². The molecule has 0 bridgehead atoms. The standard InChI is InChI=1S/C19H19N5OS/c1-13-16(14(2)24-18(21-13)22-19(23-24)26-3)12-17(25)20-11-7-10-15-8-5-4-6-9-15/h4-6,8-9H,11-12H2,1-3H3,(H,20,25). The minimum absolute atomic E-state index is 0.0927. The van der Waals surface area contributed by atoms with Crippen molar-refractivity contribution in [2.24, 2.45) is 0 Å². The molecular weight excluding hydrogens is 346 g/mol. The van der Waals surface area contributed by atoms with Crippen LogP contribution in [-0.4, -0.2) is 38.3 Å². The average Bonchev–Trinajstić information content (AvgIpc) is 3.06. The molecule has 132 valence electrons. The van der Waals surface area contributed by atoms with E-state index >= 15 is 0 Å². The fraction of sp³-hybridized carbons (Fsp3) is 0.263. The first-order valence-corrected chi connectivity index (χ1v) is 9.38. The summed E-state index contributed by atoms with van der Waals surface area (Å²) in [5.74, 6) is 6.44. The molecule has 7 heteroatoms. The predicted octanol–water partition coefficient (Wildman–Crippen LogP) is 2.17. The summed E-state index contributed by atoms with van der Waals surface area (Å²) < 4.78 is 1.69. The van der Waals surface area contributed by atoms with E-state index < -0.39 is 0 Å². The van der Waals surface area contributed by atoms with E-state index in [4.69, 9.17) is 0 Å². The van der Waals surface area contributed by atoms with Gasteiger partial charge in [0.15, 0.2) is 0 Å². The van der Waals surface area contributed by atoms with Crippen LogP contribution in [0.25, 0.3) is 5.78 Å². The highest BCUT2D eigenvalue weighted by Gasteiger charge is 2.15. The lowest BCUT2D eigenvalue weighted by atomic mass is 10.1. The molecule has 3 aromatic rings. The van der Waals surface area contributed by atoms with Gasteiger partial charge in [-0.3, -0.25) is 4.79 Å². The summed E-state index contributed by atoms with van der Waals surface area (Å²) in [7, 11) is 0. The number of fused-ring (bicyclic) bond motifs is 1. The first kappa shape index (κ1) is 18.0. The Kier molecular flexibility index (Phi) is 5.54. The van der Waals surface area contributed by atoms with E-state index in [0.29, 0.717) is 17.5 Å². The second-order valence-corrected chi connectivity index (χ2v) is 6.47. The Hall–Kier alpha value is -2.85. The fourth-order valence-corrected chi connectivity index (χ4v) is 2.90. The van der Waals surface area contributed by atoms with Crippen molar-refractivity contribution in [2.75, 3.05) is 12.8 Å². The van der Waals surface area contributed by atoms with Crippen molar-refractivity contribution in [3.05, 3.63) is 52.8 Å². The van der Waals surface area contributed by atoms with Crippen LogP contribution in [0.15, 0.2) is 35.5 Å². The molecule has 0 spiro atoms. The van der Waals surface area contributed by atoms with Gasteiger partial charge in [-0.25, -0.2) is 9.50 Å². The van der Waals surface area contributed by atoms with Crippen LogP contribution in [0.4, 0.5) is 0 Å². The SMILES string of the molecule is CSc1nc2nc(C)c(CC(=O)NCC#Cc3ccccc3)c(C)n2n1. The molecule has 1 N–H and O–H groups in total. The minimum Gasteiger partial charge on any atom is -0.345 e. The van der Waals surface area contributed by atoms with Gasteiger partial charge in [-0.05, 0) is 32.2 Å². The maximum Gasteiger partial charge on any atom is 0.253 e. The number of benzene rings is 1. The van der Waals surface area contributed by atoms with E-state index in [1.807, 2.05) is 50.4 Å². The molecule has 0 atom stereocenters. The van der Waals surface area contributed by atoms with Crippen LogP contribution in [0.2, 0.25) is 0 Å². The smallest absolute Gasteiger partial charge is 0.253 e. The first-order valence-electron chi connectivity index (χ1n) is 8.16. The Morgan fingerprint density at radius 3 is 2.73 bits per heavy atom. The largest absolute Gasteiger partial charge is 0.345 e. The monoisotopic (exact) mass is 365 g/mol. The second-order valence-electron chi connectivity index (χ2n) is 5.69. The van der Waals surface area contributed by atoms with Gasteiger partial charge in [0.25, 0.3) is 5.78 Å². The third-order valence-electron chi connectivity index (χ3n) is 3.93. The van der Waals surface area contributed by atoms with Crippen molar-refractivity contribution in [1.29, 1.82) is 0 Å². The molecule has 0 saturated carbocycles. The quantitative estimate of drug-likeness (QED) is 0.567. The van der Waals surface area contributed by atoms with Crippen LogP contribution < -0.4 is 5.32 Å². The average molecular weight is 365 g/mol. The lowest BCUT2D eigenvalue weighted by molar-refractivity contribution is -0.120. The molecule has 2 aromatic heterocycles. The van der Waals surface area contributed by atoms with Gasteiger partial charge >= 0.3 is 0 Å². The maximum atomic E-state index is 12.3. The zero-order valence-corrected chi connectivity index (χ0v) is 15.7. The molecule has 0 fully saturated rings. The number of thioether (sulfide) groups is 1. The molecule has 0 aliphatic rings. The molecular formula is C19H19N5OS. The van der Waals surface area contributed by atoms with Gasteiger partial charge in [-0.1, -0.05) is 41.8 Å². The molecule has 0 aliphatic carbocycles. The number of nitrogens with zero attached hydrogens (tertiary/aromatic N) is 4. The molecule has 0 saturated heterocycles. The van der Waals surface area contributed by atoms with Gasteiger partial charge in [0, 0.05) is 22.5 Å². The number of nitrogens with one attached hydrogen (secondary N) is 1. The van der Waals surface area contributed by atoms with E-state index in [2.05, 4.69) is 32.2 Å². The molecule has 3 rings (SSSR count). The Bertz CT molecular complexity index is 1000. The van der Waals surface area contributed by atoms with Crippen molar-refractivity contribution in [1.82, 2.24) is 24.9 Å². The number of aryl methyl sites for hydroxylation is 2. The highest BCUT2D eigenvalue weighted by molar-refractivity contribution is 7.98. The van der Waals surface area contributed by atoms with Crippen molar-refractivity contribution in [2.45, 2.75) is 25.4 Å². The molecule has 1 amide bonds. The summed E-state index contributed by atoms with van der Waals surface area (Å²) in [6, 6.07) is 9.68. The summed E-state index contributed by atoms with van der Waals surface area (Å²) in [5.41, 5.74) is 3.47. The fourth-order valence-electron chi connectivity index (χ4n) is 2.57. The highest BCUT2D eigenvalue weighted by atomic mass is 32.2. The van der Waals surface area contributed by atoms with Crippen LogP contribution in [-0.2, 0) is 11.2 Å². The topological polar surface area (TPSA) is 72.2 Å². The van der Waals surface area contributed by atoms with E-state index in [1.54, 1.807) is 4.52 Å². The summed E-state index contributed by atoms with van der Waals surface area (Å²) in [4.78, 5) is 21.1. The second kappa shape index (κ2) is 8.02. The van der Waals surface area contributed by atoms with Crippen LogP contribution in [0.3, 0.4) is 0 Å². The lowest BCUT2D eigenvalue weighted by Crippen LogP contribution is -2.26. The maximum absolute atomic E-state index is 12.3. The number of aromatic nitrogens is 4. The third kappa shape index (κ3) is 4.03. The predicted molar refractivity (Wildman–Crippen MR) is 102 cm³/mol. The van der Waals surface area contributed by atoms with Crippen molar-refractivity contribution in [3.63, 3.8) is 0 Å². The number of hydrogen-bond donors (Lipinski definition) is 1. The van der Waals surface area contributed by atoms with E-state index in [1.165, 1.54) is 11.8 Å². The molecule has 0 unspecified atom stereocenters. The molecule has 1 aromatic carbocycles. The number of hydrogen-bond acceptors (Lipinski definition) is 5. The lowest BCUT2D eigenvalue weighted by Gasteiger charge is -2.09. The van der Waals surface area contributed by atoms with Crippen molar-refractivity contribution >= 4 is 23.4 Å². The zero-order valence-electron chi connectivity index (χ0n) is 14.9. The van der Waals surface area contributed by atoms with E-state index in [-0.39, 0.29) is 12.3 Å².